The summed E-state index contributed by atoms with van der Waals surface area (Å²) in [6.45, 7) is 16.0. The fraction of sp³-hybridized carbons (Fsp3) is 0.667. The second-order valence-electron chi connectivity index (χ2n) is 0.914. The standard InChI is InChI=1S/C4H4N2.4C2H6/c1-2-4-6-5-3-1;4*1-2/h1-4H;4*1-2H3. The minimum absolute atomic E-state index is 1.64. The molecule has 0 aliphatic heterocycles. The maximum absolute atomic E-state index is 3.53. The van der Waals surface area contributed by atoms with Crippen LogP contribution in [0.15, 0.2) is 24.5 Å². The zero-order valence-corrected chi connectivity index (χ0v) is 11.2. The van der Waals surface area contributed by atoms with Crippen molar-refractivity contribution in [3.8, 4) is 0 Å². The second-order valence-corrected chi connectivity index (χ2v) is 0.914. The molecule has 0 bridgehead atoms. The van der Waals surface area contributed by atoms with Gasteiger partial charge in [-0.1, -0.05) is 55.4 Å². The minimum atomic E-state index is 1.64. The van der Waals surface area contributed by atoms with Gasteiger partial charge in [0.15, 0.2) is 0 Å². The monoisotopic (exact) mass is 200 g/mol. The molecule has 0 radical (unpaired) electrons. The Morgan fingerprint density at radius 3 is 0.786 bits per heavy atom. The van der Waals surface area contributed by atoms with E-state index in [9.17, 15) is 0 Å². The molecule has 0 fully saturated rings. The molecule has 0 aromatic carbocycles. The van der Waals surface area contributed by atoms with Crippen molar-refractivity contribution >= 4 is 0 Å². The first kappa shape index (κ1) is 23.2. The lowest BCUT2D eigenvalue weighted by Gasteiger charge is -1.69. The van der Waals surface area contributed by atoms with Gasteiger partial charge in [0.05, 0.1) is 0 Å². The van der Waals surface area contributed by atoms with Crippen LogP contribution in [0, 0.1) is 0 Å². The molecular formula is C12H28N2. The van der Waals surface area contributed by atoms with Crippen LogP contribution in [-0.2, 0) is 0 Å². The quantitative estimate of drug-likeness (QED) is 0.612. The Morgan fingerprint density at radius 1 is 0.500 bits per heavy atom. The van der Waals surface area contributed by atoms with Gasteiger partial charge >= 0.3 is 0 Å². The molecule has 2 heteroatoms. The van der Waals surface area contributed by atoms with E-state index >= 15 is 0 Å². The van der Waals surface area contributed by atoms with Gasteiger partial charge in [0, 0.05) is 12.4 Å². The van der Waals surface area contributed by atoms with Crippen molar-refractivity contribution in [2.45, 2.75) is 55.4 Å². The average molecular weight is 200 g/mol. The molecule has 1 heterocycles. The van der Waals surface area contributed by atoms with E-state index in [1.54, 1.807) is 12.4 Å². The zero-order chi connectivity index (χ0) is 12.2. The molecule has 0 aliphatic carbocycles. The molecule has 1 aromatic heterocycles. The van der Waals surface area contributed by atoms with Crippen molar-refractivity contribution in [3.63, 3.8) is 0 Å². The predicted octanol–water partition coefficient (Wildman–Crippen LogP) is 4.58. The molecule has 2 nitrogen and oxygen atoms in total. The van der Waals surface area contributed by atoms with Crippen molar-refractivity contribution in [3.05, 3.63) is 24.5 Å². The molecule has 14 heavy (non-hydrogen) atoms. The van der Waals surface area contributed by atoms with Crippen LogP contribution in [0.5, 0.6) is 0 Å². The number of aromatic nitrogens is 2. The van der Waals surface area contributed by atoms with Crippen LogP contribution in [0.3, 0.4) is 0 Å². The molecule has 0 aliphatic rings. The van der Waals surface area contributed by atoms with Gasteiger partial charge in [0.1, 0.15) is 0 Å². The first-order valence-corrected chi connectivity index (χ1v) is 5.72. The Kier molecular flexibility index (Phi) is 95.0. The van der Waals surface area contributed by atoms with Crippen LogP contribution in [0.2, 0.25) is 0 Å². The second kappa shape index (κ2) is 57.5. The Hall–Kier alpha value is -0.920. The summed E-state index contributed by atoms with van der Waals surface area (Å²) in [5.74, 6) is 0. The zero-order valence-electron chi connectivity index (χ0n) is 11.2. The first-order chi connectivity index (χ1) is 7.00. The first-order valence-electron chi connectivity index (χ1n) is 5.72. The summed E-state index contributed by atoms with van der Waals surface area (Å²) in [5, 5.41) is 7.07. The highest BCUT2D eigenvalue weighted by atomic mass is 15.1. The fourth-order valence-electron chi connectivity index (χ4n) is 0.253. The van der Waals surface area contributed by atoms with E-state index in [1.807, 2.05) is 67.5 Å². The van der Waals surface area contributed by atoms with Crippen LogP contribution < -0.4 is 0 Å². The molecule has 0 saturated carbocycles. The summed E-state index contributed by atoms with van der Waals surface area (Å²) < 4.78 is 0. The fourth-order valence-corrected chi connectivity index (χ4v) is 0.253. The Bertz CT molecular complexity index is 80.2. The maximum Gasteiger partial charge on any atom is 0.0496 e. The third-order valence-corrected chi connectivity index (χ3v) is 0.483. The topological polar surface area (TPSA) is 25.8 Å². The largest absolute Gasteiger partial charge is 0.159 e. The lowest BCUT2D eigenvalue weighted by molar-refractivity contribution is 1.03. The van der Waals surface area contributed by atoms with Crippen molar-refractivity contribution < 1.29 is 0 Å². The molecule has 0 spiro atoms. The average Bonchev–Trinajstić information content (AvgIpc) is 2.41. The van der Waals surface area contributed by atoms with Crippen molar-refractivity contribution in [1.29, 1.82) is 0 Å². The normalized spacial score (nSPS) is 5.14. The Labute approximate surface area is 90.8 Å². The lowest BCUT2D eigenvalue weighted by atomic mass is 10.6. The van der Waals surface area contributed by atoms with E-state index in [2.05, 4.69) is 10.2 Å². The smallest absolute Gasteiger partial charge is 0.0496 e. The molecule has 0 saturated heterocycles. The van der Waals surface area contributed by atoms with E-state index in [4.69, 9.17) is 0 Å². The molecule has 0 amide bonds. The third kappa shape index (κ3) is 43.6. The van der Waals surface area contributed by atoms with Crippen LogP contribution >= 0.6 is 0 Å². The highest BCUT2D eigenvalue weighted by molar-refractivity contribution is 4.79. The molecular weight excluding hydrogens is 172 g/mol. The third-order valence-electron chi connectivity index (χ3n) is 0.483. The van der Waals surface area contributed by atoms with E-state index in [0.29, 0.717) is 0 Å². The van der Waals surface area contributed by atoms with Crippen molar-refractivity contribution in [1.82, 2.24) is 10.2 Å². The van der Waals surface area contributed by atoms with E-state index in [0.717, 1.165) is 0 Å². The number of rotatable bonds is 0. The molecule has 0 unspecified atom stereocenters. The Morgan fingerprint density at radius 2 is 0.714 bits per heavy atom. The van der Waals surface area contributed by atoms with Crippen molar-refractivity contribution in [2.24, 2.45) is 0 Å². The summed E-state index contributed by atoms with van der Waals surface area (Å²) in [6.07, 6.45) is 3.28. The predicted molar refractivity (Wildman–Crippen MR) is 67.4 cm³/mol. The van der Waals surface area contributed by atoms with Crippen LogP contribution in [0.4, 0.5) is 0 Å². The van der Waals surface area contributed by atoms with Gasteiger partial charge in [-0.2, -0.15) is 10.2 Å². The van der Waals surface area contributed by atoms with Crippen LogP contribution in [0.1, 0.15) is 55.4 Å². The van der Waals surface area contributed by atoms with Gasteiger partial charge in [-0.25, -0.2) is 0 Å². The van der Waals surface area contributed by atoms with Gasteiger partial charge < -0.3 is 0 Å². The molecule has 86 valence electrons. The summed E-state index contributed by atoms with van der Waals surface area (Å²) in [7, 11) is 0. The minimum Gasteiger partial charge on any atom is -0.159 e. The van der Waals surface area contributed by atoms with Crippen LogP contribution in [0.25, 0.3) is 0 Å². The summed E-state index contributed by atoms with van der Waals surface area (Å²) in [4.78, 5) is 0. The highest BCUT2D eigenvalue weighted by Crippen LogP contribution is 1.68. The number of nitrogens with zero attached hydrogens (tertiary/aromatic N) is 2. The molecule has 0 N–H and O–H groups in total. The maximum atomic E-state index is 3.53. The lowest BCUT2D eigenvalue weighted by Crippen LogP contribution is -1.69. The molecule has 0 atom stereocenters. The highest BCUT2D eigenvalue weighted by Gasteiger charge is 1.59. The van der Waals surface area contributed by atoms with Gasteiger partial charge in [-0.05, 0) is 12.1 Å². The van der Waals surface area contributed by atoms with Gasteiger partial charge in [-0.3, -0.25) is 0 Å². The van der Waals surface area contributed by atoms with Crippen LogP contribution in [-0.4, -0.2) is 10.2 Å². The summed E-state index contributed by atoms with van der Waals surface area (Å²) >= 11 is 0. The Balaban J connectivity index is -0.0000000542. The van der Waals surface area contributed by atoms with Gasteiger partial charge in [0.25, 0.3) is 0 Å². The van der Waals surface area contributed by atoms with E-state index in [-0.39, 0.29) is 0 Å². The summed E-state index contributed by atoms with van der Waals surface area (Å²) in [5.41, 5.74) is 0. The van der Waals surface area contributed by atoms with Gasteiger partial charge in [-0.15, -0.1) is 0 Å². The van der Waals surface area contributed by atoms with E-state index < -0.39 is 0 Å². The summed E-state index contributed by atoms with van der Waals surface area (Å²) in [6, 6.07) is 3.65. The van der Waals surface area contributed by atoms with E-state index in [1.165, 1.54) is 0 Å². The molecule has 1 rings (SSSR count). The van der Waals surface area contributed by atoms with Gasteiger partial charge in [0.2, 0.25) is 0 Å². The number of hydrogen-bond acceptors (Lipinski definition) is 2. The molecule has 1 aromatic rings. The number of hydrogen-bond donors (Lipinski definition) is 0. The van der Waals surface area contributed by atoms with Crippen molar-refractivity contribution in [2.75, 3.05) is 0 Å². The SMILES string of the molecule is CC.CC.CC.CC.c1ccnnc1.